The Hall–Kier alpha value is -1.45. The van der Waals surface area contributed by atoms with Crippen molar-refractivity contribution in [3.63, 3.8) is 0 Å². The maximum atomic E-state index is 11.5. The number of aromatic nitrogens is 1. The van der Waals surface area contributed by atoms with Crippen LogP contribution in [0.1, 0.15) is 31.3 Å². The first-order valence-corrected chi connectivity index (χ1v) is 4.71. The molecule has 14 heavy (non-hydrogen) atoms. The van der Waals surface area contributed by atoms with E-state index in [4.69, 9.17) is 10.5 Å². The van der Waals surface area contributed by atoms with Crippen LogP contribution in [-0.2, 0) is 11.3 Å². The molecule has 0 amide bonds. The molecule has 0 unspecified atom stereocenters. The Balaban J connectivity index is 2.88. The van der Waals surface area contributed by atoms with E-state index >= 15 is 0 Å². The fourth-order valence-electron chi connectivity index (χ4n) is 1.24. The molecule has 0 bridgehead atoms. The van der Waals surface area contributed by atoms with Crippen molar-refractivity contribution >= 4 is 11.7 Å². The van der Waals surface area contributed by atoms with Crippen LogP contribution >= 0.6 is 0 Å². The zero-order chi connectivity index (χ0) is 10.7. The van der Waals surface area contributed by atoms with Crippen LogP contribution in [0.5, 0.6) is 0 Å². The van der Waals surface area contributed by atoms with E-state index in [2.05, 4.69) is 0 Å². The largest absolute Gasteiger partial charge is 0.458 e. The molecule has 1 aromatic rings. The lowest BCUT2D eigenvalue weighted by Crippen LogP contribution is -2.15. The summed E-state index contributed by atoms with van der Waals surface area (Å²) in [4.78, 5) is 11.5. The lowest BCUT2D eigenvalue weighted by molar-refractivity contribution is 0.0365. The Morgan fingerprint density at radius 2 is 2.29 bits per heavy atom. The number of nitrogens with zero attached hydrogens (tertiary/aromatic N) is 1. The van der Waals surface area contributed by atoms with Gasteiger partial charge in [0.2, 0.25) is 0 Å². The number of hydrogen-bond donors (Lipinski definition) is 1. The smallest absolute Gasteiger partial charge is 0.355 e. The van der Waals surface area contributed by atoms with Crippen LogP contribution in [0.15, 0.2) is 12.3 Å². The molecule has 2 N–H and O–H groups in total. The average Bonchev–Trinajstić information content (AvgIpc) is 2.45. The predicted octanol–water partition coefficient (Wildman–Crippen LogP) is 1.66. The van der Waals surface area contributed by atoms with Gasteiger partial charge in [-0.25, -0.2) is 4.79 Å². The van der Waals surface area contributed by atoms with Crippen LogP contribution in [-0.4, -0.2) is 16.6 Å². The highest BCUT2D eigenvalue weighted by Crippen LogP contribution is 2.12. The minimum Gasteiger partial charge on any atom is -0.458 e. The molecule has 1 aromatic heterocycles. The van der Waals surface area contributed by atoms with Gasteiger partial charge in [0.25, 0.3) is 0 Å². The molecular formula is C10H16N2O2. The van der Waals surface area contributed by atoms with E-state index in [1.165, 1.54) is 0 Å². The monoisotopic (exact) mass is 196 g/mol. The molecule has 78 valence electrons. The quantitative estimate of drug-likeness (QED) is 0.748. The van der Waals surface area contributed by atoms with Gasteiger partial charge < -0.3 is 15.0 Å². The maximum Gasteiger partial charge on any atom is 0.355 e. The minimum absolute atomic E-state index is 0.107. The summed E-state index contributed by atoms with van der Waals surface area (Å²) in [7, 11) is 0. The zero-order valence-corrected chi connectivity index (χ0v) is 8.78. The molecular weight excluding hydrogens is 180 g/mol. The van der Waals surface area contributed by atoms with Gasteiger partial charge in [-0.3, -0.25) is 0 Å². The summed E-state index contributed by atoms with van der Waals surface area (Å²) in [6.07, 6.45) is 1.63. The van der Waals surface area contributed by atoms with Gasteiger partial charge in [0.15, 0.2) is 0 Å². The Bertz CT molecular complexity index is 329. The molecule has 0 spiro atoms. The van der Waals surface area contributed by atoms with Crippen molar-refractivity contribution in [3.05, 3.63) is 18.0 Å². The second-order valence-electron chi connectivity index (χ2n) is 3.40. The summed E-state index contributed by atoms with van der Waals surface area (Å²) in [6.45, 7) is 6.30. The van der Waals surface area contributed by atoms with Crippen LogP contribution < -0.4 is 5.73 Å². The molecule has 0 radical (unpaired) electrons. The molecule has 1 rings (SSSR count). The maximum absolute atomic E-state index is 11.5. The fourth-order valence-corrected chi connectivity index (χ4v) is 1.24. The SMILES string of the molecule is CCn1cc(N)cc1C(=O)OC(C)C. The summed E-state index contributed by atoms with van der Waals surface area (Å²) in [5.41, 5.74) is 6.69. The van der Waals surface area contributed by atoms with E-state index in [0.717, 1.165) is 0 Å². The Labute approximate surface area is 83.7 Å². The molecule has 4 heteroatoms. The van der Waals surface area contributed by atoms with Crippen molar-refractivity contribution in [2.75, 3.05) is 5.73 Å². The first kappa shape index (κ1) is 10.6. The van der Waals surface area contributed by atoms with Gasteiger partial charge in [0.1, 0.15) is 5.69 Å². The number of rotatable bonds is 3. The van der Waals surface area contributed by atoms with Crippen LogP contribution in [0.25, 0.3) is 0 Å². The van der Waals surface area contributed by atoms with Crippen LogP contribution in [0.2, 0.25) is 0 Å². The van der Waals surface area contributed by atoms with E-state index < -0.39 is 0 Å². The topological polar surface area (TPSA) is 57.2 Å². The van der Waals surface area contributed by atoms with E-state index in [9.17, 15) is 4.79 Å². The summed E-state index contributed by atoms with van der Waals surface area (Å²) < 4.78 is 6.85. The second kappa shape index (κ2) is 4.17. The zero-order valence-electron chi connectivity index (χ0n) is 8.78. The van der Waals surface area contributed by atoms with E-state index in [1.807, 2.05) is 20.8 Å². The first-order valence-electron chi connectivity index (χ1n) is 4.71. The molecule has 4 nitrogen and oxygen atoms in total. The standard InChI is InChI=1S/C10H16N2O2/c1-4-12-6-8(11)5-9(12)10(13)14-7(2)3/h5-7H,4,11H2,1-3H3. The molecule has 0 saturated carbocycles. The highest BCUT2D eigenvalue weighted by atomic mass is 16.5. The number of anilines is 1. The Kier molecular flexibility index (Phi) is 3.17. The van der Waals surface area contributed by atoms with Crippen LogP contribution in [0.3, 0.4) is 0 Å². The molecule has 0 aromatic carbocycles. The number of hydrogen-bond acceptors (Lipinski definition) is 3. The van der Waals surface area contributed by atoms with Crippen LogP contribution in [0, 0.1) is 0 Å². The Morgan fingerprint density at radius 1 is 1.64 bits per heavy atom. The normalized spacial score (nSPS) is 10.6. The summed E-state index contributed by atoms with van der Waals surface area (Å²) in [6, 6.07) is 1.63. The molecule has 0 aliphatic carbocycles. The minimum atomic E-state index is -0.321. The summed E-state index contributed by atoms with van der Waals surface area (Å²) in [5.74, 6) is -0.321. The van der Waals surface area contributed by atoms with Crippen molar-refractivity contribution in [2.45, 2.75) is 33.4 Å². The van der Waals surface area contributed by atoms with Crippen molar-refractivity contribution in [1.29, 1.82) is 0 Å². The van der Waals surface area contributed by atoms with E-state index in [1.54, 1.807) is 16.8 Å². The van der Waals surface area contributed by atoms with E-state index in [-0.39, 0.29) is 12.1 Å². The average molecular weight is 196 g/mol. The number of nitrogen functional groups attached to an aromatic ring is 1. The summed E-state index contributed by atoms with van der Waals surface area (Å²) >= 11 is 0. The van der Waals surface area contributed by atoms with Gasteiger partial charge >= 0.3 is 5.97 Å². The van der Waals surface area contributed by atoms with Gasteiger partial charge in [-0.1, -0.05) is 0 Å². The molecule has 1 heterocycles. The third-order valence-corrected chi connectivity index (χ3v) is 1.81. The number of nitrogens with two attached hydrogens (primary N) is 1. The lowest BCUT2D eigenvalue weighted by Gasteiger charge is -2.09. The number of carbonyl (C=O) groups excluding carboxylic acids is 1. The second-order valence-corrected chi connectivity index (χ2v) is 3.40. The Morgan fingerprint density at radius 3 is 2.79 bits per heavy atom. The van der Waals surface area contributed by atoms with E-state index in [0.29, 0.717) is 17.9 Å². The van der Waals surface area contributed by atoms with Crippen molar-refractivity contribution in [3.8, 4) is 0 Å². The molecule has 0 fully saturated rings. The lowest BCUT2D eigenvalue weighted by atomic mass is 10.4. The van der Waals surface area contributed by atoms with Crippen molar-refractivity contribution in [2.24, 2.45) is 0 Å². The van der Waals surface area contributed by atoms with Crippen molar-refractivity contribution in [1.82, 2.24) is 4.57 Å². The number of esters is 1. The highest BCUT2D eigenvalue weighted by Gasteiger charge is 2.14. The van der Waals surface area contributed by atoms with Crippen LogP contribution in [0.4, 0.5) is 5.69 Å². The molecule has 0 aliphatic heterocycles. The van der Waals surface area contributed by atoms with Gasteiger partial charge in [-0.05, 0) is 26.8 Å². The van der Waals surface area contributed by atoms with Gasteiger partial charge in [0, 0.05) is 12.7 Å². The predicted molar refractivity (Wildman–Crippen MR) is 55.1 cm³/mol. The third kappa shape index (κ3) is 2.28. The third-order valence-electron chi connectivity index (χ3n) is 1.81. The highest BCUT2D eigenvalue weighted by molar-refractivity contribution is 5.89. The number of aryl methyl sites for hydroxylation is 1. The number of carbonyl (C=O) groups is 1. The number of ether oxygens (including phenoxy) is 1. The molecule has 0 aliphatic rings. The molecule has 0 atom stereocenters. The van der Waals surface area contributed by atoms with Crippen molar-refractivity contribution < 1.29 is 9.53 Å². The molecule has 0 saturated heterocycles. The van der Waals surface area contributed by atoms with Gasteiger partial charge in [0.05, 0.1) is 11.8 Å². The fraction of sp³-hybridized carbons (Fsp3) is 0.500. The first-order chi connectivity index (χ1) is 6.54. The van der Waals surface area contributed by atoms with Gasteiger partial charge in [-0.15, -0.1) is 0 Å². The summed E-state index contributed by atoms with van der Waals surface area (Å²) in [5, 5.41) is 0. The van der Waals surface area contributed by atoms with Gasteiger partial charge in [-0.2, -0.15) is 0 Å².